The van der Waals surface area contributed by atoms with E-state index in [0.29, 0.717) is 31.5 Å². The number of rotatable bonds is 37. The van der Waals surface area contributed by atoms with Gasteiger partial charge >= 0.3 is 19.8 Å². The van der Waals surface area contributed by atoms with Crippen molar-refractivity contribution in [2.75, 3.05) is 13.2 Å². The van der Waals surface area contributed by atoms with Crippen molar-refractivity contribution >= 4 is 19.8 Å². The second kappa shape index (κ2) is 34.5. The highest BCUT2D eigenvalue weighted by Gasteiger charge is 2.36. The molecular formula is C43H75O9P. The molecule has 0 amide bonds. The van der Waals surface area contributed by atoms with Crippen molar-refractivity contribution in [3.63, 3.8) is 0 Å². The van der Waals surface area contributed by atoms with Crippen LogP contribution in [0.25, 0.3) is 0 Å². The van der Waals surface area contributed by atoms with Gasteiger partial charge in [-0.1, -0.05) is 146 Å². The number of phosphoric ester groups is 1. The fraction of sp³-hybridized carbons (Fsp3) is 0.767. The molecule has 2 unspecified atom stereocenters. The number of esters is 2. The number of allylic oxidation sites excluding steroid dienone is 7. The van der Waals surface area contributed by atoms with Crippen LogP contribution in [0.15, 0.2) is 48.6 Å². The summed E-state index contributed by atoms with van der Waals surface area (Å²) >= 11 is 0. The lowest BCUT2D eigenvalue weighted by Gasteiger charge is -2.18. The molecule has 1 aliphatic heterocycles. The molecule has 9 nitrogen and oxygen atoms in total. The third kappa shape index (κ3) is 34.2. The molecule has 0 aromatic carbocycles. The molecule has 1 fully saturated rings. The van der Waals surface area contributed by atoms with Crippen molar-refractivity contribution in [1.29, 1.82) is 0 Å². The number of carbonyl (C=O) groups excluding carboxylic acids is 2. The van der Waals surface area contributed by atoms with Crippen LogP contribution < -0.4 is 0 Å². The number of hydrogen-bond donors (Lipinski definition) is 2. The minimum atomic E-state index is -4.77. The van der Waals surface area contributed by atoms with Gasteiger partial charge in [0.2, 0.25) is 0 Å². The first-order chi connectivity index (χ1) is 25.7. The van der Waals surface area contributed by atoms with Crippen molar-refractivity contribution < 1.29 is 42.7 Å². The predicted octanol–water partition coefficient (Wildman–Crippen LogP) is 11.7. The molecule has 0 radical (unpaired) electrons. The summed E-state index contributed by atoms with van der Waals surface area (Å²) in [6, 6.07) is 0. The minimum absolute atomic E-state index is 0.130. The summed E-state index contributed by atoms with van der Waals surface area (Å²) in [4.78, 5) is 42.8. The van der Waals surface area contributed by atoms with E-state index in [1.807, 2.05) is 6.08 Å². The van der Waals surface area contributed by atoms with E-state index >= 15 is 0 Å². The lowest BCUT2D eigenvalue weighted by atomic mass is 10.1. The SMILES string of the molecule is CCCCCCCC/C=C\CCCCCCCCCC(=O)OC[C@H](COP(=O)(O)O)OC(=O)CCC/C=C\C/C=C\C/C=C\CC1OC1CCCCC. The fourth-order valence-corrected chi connectivity index (χ4v) is 6.34. The Morgan fingerprint density at radius 3 is 1.75 bits per heavy atom. The molecule has 0 aromatic heterocycles. The molecule has 3 atom stereocenters. The van der Waals surface area contributed by atoms with Gasteiger partial charge in [-0.3, -0.25) is 14.1 Å². The number of epoxide rings is 1. The van der Waals surface area contributed by atoms with Crippen LogP contribution in [-0.4, -0.2) is 53.3 Å². The maximum Gasteiger partial charge on any atom is 0.469 e. The maximum atomic E-state index is 12.4. The Morgan fingerprint density at radius 2 is 1.11 bits per heavy atom. The monoisotopic (exact) mass is 767 g/mol. The normalized spacial score (nSPS) is 16.8. The molecule has 1 aliphatic rings. The summed E-state index contributed by atoms with van der Waals surface area (Å²) in [7, 11) is -4.77. The van der Waals surface area contributed by atoms with Crippen molar-refractivity contribution in [2.24, 2.45) is 0 Å². The van der Waals surface area contributed by atoms with Crippen LogP contribution >= 0.6 is 7.82 Å². The zero-order valence-corrected chi connectivity index (χ0v) is 34.2. The van der Waals surface area contributed by atoms with Crippen LogP contribution in [0.3, 0.4) is 0 Å². The lowest BCUT2D eigenvalue weighted by molar-refractivity contribution is -0.161. The molecule has 0 aromatic rings. The van der Waals surface area contributed by atoms with E-state index in [1.165, 1.54) is 89.9 Å². The first-order valence-electron chi connectivity index (χ1n) is 21.1. The van der Waals surface area contributed by atoms with E-state index in [0.717, 1.165) is 44.9 Å². The van der Waals surface area contributed by atoms with Gasteiger partial charge in [0.25, 0.3) is 0 Å². The Hall–Kier alpha value is -2.03. The van der Waals surface area contributed by atoms with Gasteiger partial charge < -0.3 is 24.0 Å². The first-order valence-corrected chi connectivity index (χ1v) is 22.6. The van der Waals surface area contributed by atoms with E-state index in [1.54, 1.807) is 0 Å². The number of hydrogen-bond acceptors (Lipinski definition) is 7. The smallest absolute Gasteiger partial charge is 0.462 e. The average molecular weight is 767 g/mol. The van der Waals surface area contributed by atoms with Crippen LogP contribution in [0.5, 0.6) is 0 Å². The standard InChI is InChI=1S/C43H75O9P/c1-3-5-7-8-9-10-11-12-13-14-15-16-17-21-24-27-31-35-42(44)49-37-39(38-50-53(46,47)48)51-43(45)36-32-28-25-22-19-18-20-23-26-30-34-41-40(52-41)33-29-6-4-2/h12-13,18,20,22,25-26,30,39-41H,3-11,14-17,19,21,23-24,27-29,31-38H2,1-2H3,(H2,46,47,48)/b13-12-,20-18-,25-22-,30-26-/t39-,40?,41?/m1/s1. The molecule has 306 valence electrons. The van der Waals surface area contributed by atoms with Gasteiger partial charge in [-0.2, -0.15) is 0 Å². The van der Waals surface area contributed by atoms with Crippen molar-refractivity contribution in [2.45, 2.75) is 199 Å². The summed E-state index contributed by atoms with van der Waals surface area (Å²) in [5.74, 6) is -0.960. The molecule has 0 bridgehead atoms. The summed E-state index contributed by atoms with van der Waals surface area (Å²) in [5.41, 5.74) is 0. The Balaban J connectivity index is 2.10. The summed E-state index contributed by atoms with van der Waals surface area (Å²) in [5, 5.41) is 0. The van der Waals surface area contributed by atoms with E-state index < -0.39 is 32.5 Å². The highest BCUT2D eigenvalue weighted by Crippen LogP contribution is 2.36. The van der Waals surface area contributed by atoms with Crippen LogP contribution in [0.2, 0.25) is 0 Å². The van der Waals surface area contributed by atoms with Crippen molar-refractivity contribution in [1.82, 2.24) is 0 Å². The maximum absolute atomic E-state index is 12.4. The Labute approximate surface area is 322 Å². The van der Waals surface area contributed by atoms with E-state index in [9.17, 15) is 14.2 Å². The summed E-state index contributed by atoms with van der Waals surface area (Å²) in [6.07, 6.45) is 44.4. The van der Waals surface area contributed by atoms with Crippen LogP contribution in [0.1, 0.15) is 181 Å². The average Bonchev–Trinajstić information content (AvgIpc) is 3.88. The topological polar surface area (TPSA) is 132 Å². The molecule has 10 heteroatoms. The summed E-state index contributed by atoms with van der Waals surface area (Å²) in [6.45, 7) is 3.60. The zero-order chi connectivity index (χ0) is 38.7. The molecule has 1 saturated heterocycles. The lowest BCUT2D eigenvalue weighted by Crippen LogP contribution is -2.29. The minimum Gasteiger partial charge on any atom is -0.462 e. The van der Waals surface area contributed by atoms with Gasteiger partial charge in [0.05, 0.1) is 18.8 Å². The third-order valence-corrected chi connectivity index (χ3v) is 9.73. The number of ether oxygens (including phenoxy) is 3. The molecule has 0 saturated carbocycles. The van der Waals surface area contributed by atoms with Gasteiger partial charge in [-0.25, -0.2) is 4.57 Å². The Morgan fingerprint density at radius 1 is 0.604 bits per heavy atom. The van der Waals surface area contributed by atoms with Crippen molar-refractivity contribution in [3.05, 3.63) is 48.6 Å². The number of carbonyl (C=O) groups is 2. The highest BCUT2D eigenvalue weighted by atomic mass is 31.2. The summed E-state index contributed by atoms with van der Waals surface area (Å²) < 4.78 is 32.0. The second-order valence-electron chi connectivity index (χ2n) is 14.3. The first kappa shape index (κ1) is 49.0. The molecule has 0 aliphatic carbocycles. The van der Waals surface area contributed by atoms with E-state index in [4.69, 9.17) is 24.0 Å². The zero-order valence-electron chi connectivity index (χ0n) is 33.3. The molecule has 1 rings (SSSR count). The van der Waals surface area contributed by atoms with Gasteiger partial charge in [0.15, 0.2) is 6.10 Å². The predicted molar refractivity (Wildman–Crippen MR) is 215 cm³/mol. The van der Waals surface area contributed by atoms with Gasteiger partial charge in [0, 0.05) is 12.8 Å². The van der Waals surface area contributed by atoms with Crippen LogP contribution in [0.4, 0.5) is 0 Å². The van der Waals surface area contributed by atoms with E-state index in [-0.39, 0.29) is 19.4 Å². The largest absolute Gasteiger partial charge is 0.469 e. The molecule has 2 N–H and O–H groups in total. The second-order valence-corrected chi connectivity index (χ2v) is 15.6. The molecule has 1 heterocycles. The molecule has 0 spiro atoms. The Kier molecular flexibility index (Phi) is 31.9. The van der Waals surface area contributed by atoms with Gasteiger partial charge in [-0.15, -0.1) is 0 Å². The quantitative estimate of drug-likeness (QED) is 0.0208. The fourth-order valence-electron chi connectivity index (χ4n) is 5.98. The third-order valence-electron chi connectivity index (χ3n) is 9.24. The van der Waals surface area contributed by atoms with Gasteiger partial charge in [-0.05, 0) is 70.6 Å². The Bertz CT molecular complexity index is 1060. The van der Waals surface area contributed by atoms with Crippen molar-refractivity contribution in [3.8, 4) is 0 Å². The number of unbranched alkanes of at least 4 members (excludes halogenated alkanes) is 16. The number of phosphoric acid groups is 1. The molecule has 53 heavy (non-hydrogen) atoms. The van der Waals surface area contributed by atoms with E-state index in [2.05, 4.69) is 60.9 Å². The highest BCUT2D eigenvalue weighted by molar-refractivity contribution is 7.46. The van der Waals surface area contributed by atoms with Gasteiger partial charge in [0.1, 0.15) is 6.61 Å². The van der Waals surface area contributed by atoms with Crippen LogP contribution in [0, 0.1) is 0 Å². The molecular weight excluding hydrogens is 691 g/mol. The van der Waals surface area contributed by atoms with Crippen LogP contribution in [-0.2, 0) is 32.9 Å².